The lowest BCUT2D eigenvalue weighted by Gasteiger charge is -2.14. The summed E-state index contributed by atoms with van der Waals surface area (Å²) in [6, 6.07) is 13.5. The minimum Gasteiger partial charge on any atom is -0.493 e. The molecule has 0 saturated heterocycles. The number of benzene rings is 2. The smallest absolute Gasteiger partial charge is 0.161 e. The SMILES string of the molecule is CCOc1ccccc1OCCOc1ccc(CNC)cc1OC. The van der Waals surface area contributed by atoms with Crippen molar-refractivity contribution < 1.29 is 18.9 Å². The molecule has 2 rings (SSSR count). The van der Waals surface area contributed by atoms with Gasteiger partial charge in [-0.2, -0.15) is 0 Å². The Balaban J connectivity index is 1.88. The number of hydrogen-bond donors (Lipinski definition) is 1. The maximum Gasteiger partial charge on any atom is 0.161 e. The van der Waals surface area contributed by atoms with Gasteiger partial charge < -0.3 is 24.3 Å². The summed E-state index contributed by atoms with van der Waals surface area (Å²) in [7, 11) is 3.55. The van der Waals surface area contributed by atoms with Crippen molar-refractivity contribution in [1.29, 1.82) is 0 Å². The summed E-state index contributed by atoms with van der Waals surface area (Å²) < 4.78 is 22.4. The van der Waals surface area contributed by atoms with E-state index in [0.29, 0.717) is 25.6 Å². The van der Waals surface area contributed by atoms with Crippen LogP contribution in [0.2, 0.25) is 0 Å². The molecule has 0 atom stereocenters. The molecule has 0 aliphatic carbocycles. The van der Waals surface area contributed by atoms with Crippen LogP contribution in [0.15, 0.2) is 42.5 Å². The van der Waals surface area contributed by atoms with Crippen molar-refractivity contribution in [3.8, 4) is 23.0 Å². The van der Waals surface area contributed by atoms with Crippen molar-refractivity contribution in [2.24, 2.45) is 0 Å². The van der Waals surface area contributed by atoms with E-state index in [2.05, 4.69) is 5.32 Å². The third kappa shape index (κ3) is 5.06. The van der Waals surface area contributed by atoms with Crippen LogP contribution < -0.4 is 24.3 Å². The van der Waals surface area contributed by atoms with Gasteiger partial charge >= 0.3 is 0 Å². The van der Waals surface area contributed by atoms with Crippen molar-refractivity contribution in [3.05, 3.63) is 48.0 Å². The van der Waals surface area contributed by atoms with E-state index in [4.69, 9.17) is 18.9 Å². The lowest BCUT2D eigenvalue weighted by atomic mass is 10.2. The minimum absolute atomic E-state index is 0.419. The molecule has 0 fully saturated rings. The Labute approximate surface area is 143 Å². The second kappa shape index (κ2) is 9.67. The number of nitrogens with one attached hydrogen (secondary N) is 1. The fourth-order valence-corrected chi connectivity index (χ4v) is 2.29. The molecule has 0 aliphatic heterocycles. The van der Waals surface area contributed by atoms with Crippen molar-refractivity contribution in [3.63, 3.8) is 0 Å². The lowest BCUT2D eigenvalue weighted by molar-refractivity contribution is 0.203. The summed E-state index contributed by atoms with van der Waals surface area (Å²) in [6.07, 6.45) is 0. The van der Waals surface area contributed by atoms with Gasteiger partial charge in [-0.05, 0) is 43.8 Å². The van der Waals surface area contributed by atoms with Gasteiger partial charge in [0.25, 0.3) is 0 Å². The monoisotopic (exact) mass is 331 g/mol. The molecule has 0 saturated carbocycles. The highest BCUT2D eigenvalue weighted by atomic mass is 16.5. The average molecular weight is 331 g/mol. The third-order valence-corrected chi connectivity index (χ3v) is 3.36. The minimum atomic E-state index is 0.419. The molecule has 0 aromatic heterocycles. The largest absolute Gasteiger partial charge is 0.493 e. The molecule has 5 nitrogen and oxygen atoms in total. The van der Waals surface area contributed by atoms with E-state index in [9.17, 15) is 0 Å². The highest BCUT2D eigenvalue weighted by Crippen LogP contribution is 2.29. The van der Waals surface area contributed by atoms with Crippen LogP contribution in [0, 0.1) is 0 Å². The van der Waals surface area contributed by atoms with Gasteiger partial charge in [0.2, 0.25) is 0 Å². The van der Waals surface area contributed by atoms with Gasteiger partial charge in [0.15, 0.2) is 23.0 Å². The Morgan fingerprint density at radius 2 is 1.46 bits per heavy atom. The van der Waals surface area contributed by atoms with Crippen LogP contribution in [0.5, 0.6) is 23.0 Å². The average Bonchev–Trinajstić information content (AvgIpc) is 2.61. The molecule has 0 radical (unpaired) electrons. The van der Waals surface area contributed by atoms with E-state index in [0.717, 1.165) is 29.4 Å². The van der Waals surface area contributed by atoms with E-state index in [1.165, 1.54) is 0 Å². The number of para-hydroxylation sites is 2. The fourth-order valence-electron chi connectivity index (χ4n) is 2.29. The van der Waals surface area contributed by atoms with E-state index in [1.54, 1.807) is 7.11 Å². The molecule has 0 bridgehead atoms. The van der Waals surface area contributed by atoms with Crippen LogP contribution in [0.1, 0.15) is 12.5 Å². The third-order valence-electron chi connectivity index (χ3n) is 3.36. The van der Waals surface area contributed by atoms with Crippen LogP contribution in [-0.4, -0.2) is 34.0 Å². The van der Waals surface area contributed by atoms with Crippen LogP contribution in [-0.2, 0) is 6.54 Å². The van der Waals surface area contributed by atoms with Crippen LogP contribution in [0.25, 0.3) is 0 Å². The zero-order valence-electron chi connectivity index (χ0n) is 14.5. The Hall–Kier alpha value is -2.40. The van der Waals surface area contributed by atoms with Gasteiger partial charge in [-0.15, -0.1) is 0 Å². The standard InChI is InChI=1S/C19H25NO4/c1-4-22-16-7-5-6-8-17(16)23-11-12-24-18-10-9-15(14-20-2)13-19(18)21-3/h5-10,13,20H,4,11-12,14H2,1-3H3. The second-order valence-corrected chi connectivity index (χ2v) is 5.09. The summed E-state index contributed by atoms with van der Waals surface area (Å²) in [5, 5.41) is 3.11. The molecule has 2 aromatic rings. The number of hydrogen-bond acceptors (Lipinski definition) is 5. The van der Waals surface area contributed by atoms with Crippen LogP contribution in [0.4, 0.5) is 0 Å². The summed E-state index contributed by atoms with van der Waals surface area (Å²) >= 11 is 0. The van der Waals surface area contributed by atoms with E-state index in [-0.39, 0.29) is 0 Å². The van der Waals surface area contributed by atoms with Gasteiger partial charge in [-0.1, -0.05) is 18.2 Å². The Kier molecular flexibility index (Phi) is 7.23. The quantitative estimate of drug-likeness (QED) is 0.677. The molecule has 5 heteroatoms. The molecule has 0 spiro atoms. The maximum absolute atomic E-state index is 5.77. The molecule has 130 valence electrons. The van der Waals surface area contributed by atoms with Gasteiger partial charge in [0.1, 0.15) is 13.2 Å². The van der Waals surface area contributed by atoms with Gasteiger partial charge in [-0.25, -0.2) is 0 Å². The molecular formula is C19H25NO4. The first-order chi connectivity index (χ1) is 11.8. The first-order valence-electron chi connectivity index (χ1n) is 8.07. The van der Waals surface area contributed by atoms with E-state index < -0.39 is 0 Å². The number of methoxy groups -OCH3 is 1. The molecule has 0 amide bonds. The summed E-state index contributed by atoms with van der Waals surface area (Å²) in [6.45, 7) is 4.18. The molecule has 0 unspecified atom stereocenters. The first-order valence-corrected chi connectivity index (χ1v) is 8.07. The normalized spacial score (nSPS) is 10.3. The summed E-state index contributed by atoms with van der Waals surface area (Å²) in [5.41, 5.74) is 1.14. The highest BCUT2D eigenvalue weighted by Gasteiger charge is 2.07. The Bertz CT molecular complexity index is 631. The van der Waals surface area contributed by atoms with Gasteiger partial charge in [0.05, 0.1) is 13.7 Å². The maximum atomic E-state index is 5.77. The molecule has 24 heavy (non-hydrogen) atoms. The molecule has 0 heterocycles. The number of ether oxygens (including phenoxy) is 4. The topological polar surface area (TPSA) is 49.0 Å². The van der Waals surface area contributed by atoms with Crippen molar-refractivity contribution in [1.82, 2.24) is 5.32 Å². The fraction of sp³-hybridized carbons (Fsp3) is 0.368. The zero-order valence-corrected chi connectivity index (χ0v) is 14.5. The molecule has 1 N–H and O–H groups in total. The lowest BCUT2D eigenvalue weighted by Crippen LogP contribution is -2.11. The van der Waals surface area contributed by atoms with Crippen LogP contribution in [0.3, 0.4) is 0 Å². The summed E-state index contributed by atoms with van der Waals surface area (Å²) in [5.74, 6) is 2.89. The van der Waals surface area contributed by atoms with E-state index in [1.807, 2.05) is 56.4 Å². The van der Waals surface area contributed by atoms with Crippen molar-refractivity contribution in [2.45, 2.75) is 13.5 Å². The van der Waals surface area contributed by atoms with Crippen molar-refractivity contribution >= 4 is 0 Å². The Morgan fingerprint density at radius 1 is 0.833 bits per heavy atom. The summed E-state index contributed by atoms with van der Waals surface area (Å²) in [4.78, 5) is 0. The van der Waals surface area contributed by atoms with Gasteiger partial charge in [-0.3, -0.25) is 0 Å². The van der Waals surface area contributed by atoms with Crippen LogP contribution >= 0.6 is 0 Å². The van der Waals surface area contributed by atoms with E-state index >= 15 is 0 Å². The predicted molar refractivity (Wildman–Crippen MR) is 94.4 cm³/mol. The molecule has 2 aromatic carbocycles. The Morgan fingerprint density at radius 3 is 2.04 bits per heavy atom. The number of rotatable bonds is 10. The molecule has 0 aliphatic rings. The van der Waals surface area contributed by atoms with Gasteiger partial charge in [0, 0.05) is 6.54 Å². The molecular weight excluding hydrogens is 306 g/mol. The highest BCUT2D eigenvalue weighted by molar-refractivity contribution is 5.43. The van der Waals surface area contributed by atoms with Crippen molar-refractivity contribution in [2.75, 3.05) is 34.0 Å². The zero-order chi connectivity index (χ0) is 17.2. The predicted octanol–water partition coefficient (Wildman–Crippen LogP) is 3.27. The first kappa shape index (κ1) is 17.9. The second-order valence-electron chi connectivity index (χ2n) is 5.09.